The third kappa shape index (κ3) is 2.38. The summed E-state index contributed by atoms with van der Waals surface area (Å²) in [5, 5.41) is 9.17. The van der Waals surface area contributed by atoms with Crippen molar-refractivity contribution in [3.63, 3.8) is 0 Å². The fraction of sp³-hybridized carbons (Fsp3) is 0.333. The van der Waals surface area contributed by atoms with Gasteiger partial charge in [-0.2, -0.15) is 5.26 Å². The lowest BCUT2D eigenvalue weighted by atomic mass is 10.1. The van der Waals surface area contributed by atoms with Crippen molar-refractivity contribution in [3.05, 3.63) is 28.8 Å². The van der Waals surface area contributed by atoms with E-state index < -0.39 is 0 Å². The van der Waals surface area contributed by atoms with Gasteiger partial charge in [-0.25, -0.2) is 0 Å². The third-order valence-electron chi connectivity index (χ3n) is 2.79. The molecule has 17 heavy (non-hydrogen) atoms. The molecule has 5 heteroatoms. The van der Waals surface area contributed by atoms with E-state index in [4.69, 9.17) is 28.5 Å². The van der Waals surface area contributed by atoms with Crippen molar-refractivity contribution in [2.75, 3.05) is 17.3 Å². The summed E-state index contributed by atoms with van der Waals surface area (Å²) in [6, 6.07) is 6.93. The van der Waals surface area contributed by atoms with Crippen LogP contribution in [0.3, 0.4) is 0 Å². The Hall–Kier alpha value is -1.24. The van der Waals surface area contributed by atoms with Crippen LogP contribution < -0.4 is 4.90 Å². The van der Waals surface area contributed by atoms with Gasteiger partial charge in [0.15, 0.2) is 0 Å². The van der Waals surface area contributed by atoms with Crippen LogP contribution in [-0.4, -0.2) is 18.3 Å². The first kappa shape index (κ1) is 12.2. The van der Waals surface area contributed by atoms with E-state index in [1.807, 2.05) is 6.07 Å². The zero-order valence-electron chi connectivity index (χ0n) is 8.99. The molecule has 0 spiro atoms. The van der Waals surface area contributed by atoms with E-state index in [0.717, 1.165) is 0 Å². The van der Waals surface area contributed by atoms with Crippen LogP contribution in [0.1, 0.15) is 12.0 Å². The first-order valence-corrected chi connectivity index (χ1v) is 6.13. The van der Waals surface area contributed by atoms with Crippen molar-refractivity contribution < 1.29 is 4.79 Å². The number of rotatable bonds is 2. The Balaban J connectivity index is 2.29. The van der Waals surface area contributed by atoms with Crippen molar-refractivity contribution >= 4 is 34.8 Å². The van der Waals surface area contributed by atoms with Gasteiger partial charge in [0.25, 0.3) is 0 Å². The standard InChI is InChI=1S/C12H10Cl2N2O/c13-5-9-4-12(17)16(7-9)11-2-1-8(6-15)3-10(11)14/h1-3,9H,4-5,7H2. The monoisotopic (exact) mass is 268 g/mol. The predicted molar refractivity (Wildman–Crippen MR) is 67.3 cm³/mol. The van der Waals surface area contributed by atoms with Crippen LogP contribution in [-0.2, 0) is 4.79 Å². The molecular weight excluding hydrogens is 259 g/mol. The zero-order chi connectivity index (χ0) is 12.4. The first-order chi connectivity index (χ1) is 8.15. The van der Waals surface area contributed by atoms with Crippen LogP contribution in [0.25, 0.3) is 0 Å². The molecule has 1 aliphatic rings. The highest BCUT2D eigenvalue weighted by atomic mass is 35.5. The van der Waals surface area contributed by atoms with Crippen molar-refractivity contribution in [1.29, 1.82) is 5.26 Å². The second kappa shape index (κ2) is 4.95. The molecule has 0 aliphatic carbocycles. The van der Waals surface area contributed by atoms with Crippen LogP contribution >= 0.6 is 23.2 Å². The Bertz CT molecular complexity index is 496. The fourth-order valence-electron chi connectivity index (χ4n) is 1.91. The number of amides is 1. The van der Waals surface area contributed by atoms with Crippen molar-refractivity contribution in [3.8, 4) is 6.07 Å². The normalized spacial score (nSPS) is 19.5. The number of hydrogen-bond acceptors (Lipinski definition) is 2. The summed E-state index contributed by atoms with van der Waals surface area (Å²) in [5.41, 5.74) is 1.14. The lowest BCUT2D eigenvalue weighted by Gasteiger charge is -2.17. The molecule has 0 radical (unpaired) electrons. The molecule has 1 unspecified atom stereocenters. The van der Waals surface area contributed by atoms with Crippen LogP contribution in [0, 0.1) is 17.2 Å². The molecular formula is C12H10Cl2N2O. The molecule has 0 saturated carbocycles. The van der Waals surface area contributed by atoms with Gasteiger partial charge in [0.2, 0.25) is 5.91 Å². The Morgan fingerprint density at radius 1 is 1.53 bits per heavy atom. The van der Waals surface area contributed by atoms with E-state index in [2.05, 4.69) is 0 Å². The van der Waals surface area contributed by atoms with Gasteiger partial charge in [-0.1, -0.05) is 11.6 Å². The maximum atomic E-state index is 11.8. The number of hydrogen-bond donors (Lipinski definition) is 0. The van der Waals surface area contributed by atoms with E-state index in [0.29, 0.717) is 35.1 Å². The number of alkyl halides is 1. The molecule has 0 N–H and O–H groups in total. The number of carbonyl (C=O) groups excluding carboxylic acids is 1. The SMILES string of the molecule is N#Cc1ccc(N2CC(CCl)CC2=O)c(Cl)c1. The highest BCUT2D eigenvalue weighted by Crippen LogP contribution is 2.32. The van der Waals surface area contributed by atoms with Gasteiger partial charge in [-0.15, -0.1) is 11.6 Å². The molecule has 1 atom stereocenters. The van der Waals surface area contributed by atoms with Gasteiger partial charge in [0.1, 0.15) is 0 Å². The molecule has 1 aromatic carbocycles. The minimum atomic E-state index is 0.0299. The van der Waals surface area contributed by atoms with Gasteiger partial charge in [0.05, 0.1) is 22.3 Å². The van der Waals surface area contributed by atoms with Gasteiger partial charge in [-0.05, 0) is 24.1 Å². The van der Waals surface area contributed by atoms with Crippen molar-refractivity contribution in [2.24, 2.45) is 5.92 Å². The highest BCUT2D eigenvalue weighted by Gasteiger charge is 2.30. The van der Waals surface area contributed by atoms with Gasteiger partial charge < -0.3 is 4.90 Å². The minimum Gasteiger partial charge on any atom is -0.311 e. The second-order valence-electron chi connectivity index (χ2n) is 4.01. The fourth-order valence-corrected chi connectivity index (χ4v) is 2.40. The van der Waals surface area contributed by atoms with Crippen LogP contribution in [0.15, 0.2) is 18.2 Å². The molecule has 1 heterocycles. The molecule has 3 nitrogen and oxygen atoms in total. The Morgan fingerprint density at radius 2 is 2.29 bits per heavy atom. The molecule has 2 rings (SSSR count). The van der Waals surface area contributed by atoms with E-state index in [1.54, 1.807) is 23.1 Å². The smallest absolute Gasteiger partial charge is 0.227 e. The summed E-state index contributed by atoms with van der Waals surface area (Å²) in [4.78, 5) is 13.4. The average Bonchev–Trinajstić information content (AvgIpc) is 2.70. The predicted octanol–water partition coefficient (Wildman–Crippen LogP) is 2.80. The maximum absolute atomic E-state index is 11.8. The molecule has 0 aromatic heterocycles. The molecule has 1 saturated heterocycles. The van der Waals surface area contributed by atoms with E-state index in [9.17, 15) is 4.79 Å². The summed E-state index contributed by atoms with van der Waals surface area (Å²) in [5.74, 6) is 0.675. The molecule has 1 fully saturated rings. The van der Waals surface area contributed by atoms with Crippen LogP contribution in [0.5, 0.6) is 0 Å². The largest absolute Gasteiger partial charge is 0.311 e. The summed E-state index contributed by atoms with van der Waals surface area (Å²) in [6.45, 7) is 0.591. The Morgan fingerprint density at radius 3 is 2.82 bits per heavy atom. The number of carbonyl (C=O) groups is 1. The topological polar surface area (TPSA) is 44.1 Å². The molecule has 0 bridgehead atoms. The summed E-state index contributed by atoms with van der Waals surface area (Å²) >= 11 is 11.8. The zero-order valence-corrected chi connectivity index (χ0v) is 10.5. The lowest BCUT2D eigenvalue weighted by molar-refractivity contribution is -0.117. The third-order valence-corrected chi connectivity index (χ3v) is 3.53. The summed E-state index contributed by atoms with van der Waals surface area (Å²) in [7, 11) is 0. The molecule has 88 valence electrons. The quantitative estimate of drug-likeness (QED) is 0.775. The maximum Gasteiger partial charge on any atom is 0.227 e. The summed E-state index contributed by atoms with van der Waals surface area (Å²) < 4.78 is 0. The first-order valence-electron chi connectivity index (χ1n) is 5.21. The lowest BCUT2D eigenvalue weighted by Crippen LogP contribution is -2.24. The molecule has 1 aromatic rings. The number of benzene rings is 1. The Labute approximate surface area is 110 Å². The number of nitriles is 1. The minimum absolute atomic E-state index is 0.0299. The van der Waals surface area contributed by atoms with Gasteiger partial charge in [0, 0.05) is 18.8 Å². The van der Waals surface area contributed by atoms with Gasteiger partial charge >= 0.3 is 0 Å². The van der Waals surface area contributed by atoms with E-state index in [-0.39, 0.29) is 11.8 Å². The average molecular weight is 269 g/mol. The molecule has 1 aliphatic heterocycles. The Kier molecular flexibility index (Phi) is 3.56. The van der Waals surface area contributed by atoms with Crippen LogP contribution in [0.2, 0.25) is 5.02 Å². The van der Waals surface area contributed by atoms with Gasteiger partial charge in [-0.3, -0.25) is 4.79 Å². The second-order valence-corrected chi connectivity index (χ2v) is 4.72. The van der Waals surface area contributed by atoms with Crippen molar-refractivity contribution in [1.82, 2.24) is 0 Å². The van der Waals surface area contributed by atoms with Crippen LogP contribution in [0.4, 0.5) is 5.69 Å². The number of halogens is 2. The number of anilines is 1. The van der Waals surface area contributed by atoms with E-state index in [1.165, 1.54) is 0 Å². The van der Waals surface area contributed by atoms with Crippen molar-refractivity contribution in [2.45, 2.75) is 6.42 Å². The molecule has 1 amide bonds. The number of nitrogens with zero attached hydrogens (tertiary/aromatic N) is 2. The van der Waals surface area contributed by atoms with E-state index >= 15 is 0 Å². The summed E-state index contributed by atoms with van der Waals surface area (Å²) in [6.07, 6.45) is 0.458. The highest BCUT2D eigenvalue weighted by molar-refractivity contribution is 6.34.